The molecule has 0 fully saturated rings. The Kier molecular flexibility index (Phi) is 3.53. The fourth-order valence-corrected chi connectivity index (χ4v) is 1.86. The van der Waals surface area contributed by atoms with E-state index in [1.807, 2.05) is 0 Å². The van der Waals surface area contributed by atoms with E-state index in [2.05, 4.69) is 45.9 Å². The largest absolute Gasteiger partial charge is 0.0613 e. The van der Waals surface area contributed by atoms with Crippen LogP contribution in [0.2, 0.25) is 0 Å². The molecule has 0 atom stereocenters. The first-order chi connectivity index (χ1) is 6.20. The molecule has 0 aliphatic heterocycles. The second-order valence-corrected chi connectivity index (χ2v) is 3.76. The van der Waals surface area contributed by atoms with Crippen molar-refractivity contribution in [3.05, 3.63) is 34.9 Å². The molecule has 1 radical (unpaired) electrons. The molecule has 0 heterocycles. The average Bonchev–Trinajstić information content (AvgIpc) is 2.16. The van der Waals surface area contributed by atoms with E-state index >= 15 is 0 Å². The van der Waals surface area contributed by atoms with Crippen LogP contribution in [0.15, 0.2) is 12.1 Å². The van der Waals surface area contributed by atoms with Gasteiger partial charge in [-0.25, -0.2) is 0 Å². The normalized spacial score (nSPS) is 10.8. The second kappa shape index (κ2) is 4.45. The molecule has 0 saturated carbocycles. The van der Waals surface area contributed by atoms with Crippen molar-refractivity contribution in [3.63, 3.8) is 0 Å². The third-order valence-electron chi connectivity index (χ3n) is 2.55. The molecule has 0 amide bonds. The highest BCUT2D eigenvalue weighted by Gasteiger charge is 2.07. The Morgan fingerprint density at radius 2 is 1.92 bits per heavy atom. The zero-order valence-electron chi connectivity index (χ0n) is 9.15. The lowest BCUT2D eigenvalue weighted by atomic mass is 9.91. The molecule has 71 valence electrons. The van der Waals surface area contributed by atoms with E-state index < -0.39 is 0 Å². The molecule has 1 rings (SSSR count). The van der Waals surface area contributed by atoms with Crippen molar-refractivity contribution in [2.45, 2.75) is 46.5 Å². The summed E-state index contributed by atoms with van der Waals surface area (Å²) < 4.78 is 0. The smallest absolute Gasteiger partial charge is 0.0143 e. The molecule has 0 saturated heterocycles. The fourth-order valence-electron chi connectivity index (χ4n) is 1.86. The van der Waals surface area contributed by atoms with Crippen LogP contribution in [-0.2, 0) is 12.8 Å². The summed E-state index contributed by atoms with van der Waals surface area (Å²) in [6, 6.07) is 7.62. The highest BCUT2D eigenvalue weighted by molar-refractivity contribution is 5.36. The van der Waals surface area contributed by atoms with Gasteiger partial charge < -0.3 is 0 Å². The van der Waals surface area contributed by atoms with Gasteiger partial charge >= 0.3 is 0 Å². The average molecular weight is 175 g/mol. The van der Waals surface area contributed by atoms with Gasteiger partial charge in [0.1, 0.15) is 0 Å². The lowest BCUT2D eigenvalue weighted by molar-refractivity contribution is 0.833. The Morgan fingerprint density at radius 3 is 2.38 bits per heavy atom. The minimum Gasteiger partial charge on any atom is -0.0613 e. The van der Waals surface area contributed by atoms with Crippen LogP contribution in [0, 0.1) is 6.07 Å². The Labute approximate surface area is 82.0 Å². The third kappa shape index (κ3) is 2.12. The van der Waals surface area contributed by atoms with Crippen LogP contribution in [0.25, 0.3) is 0 Å². The molecule has 0 aromatic heterocycles. The summed E-state index contributed by atoms with van der Waals surface area (Å²) in [4.78, 5) is 0. The third-order valence-corrected chi connectivity index (χ3v) is 2.55. The Morgan fingerprint density at radius 1 is 1.23 bits per heavy atom. The first-order valence-corrected chi connectivity index (χ1v) is 5.23. The van der Waals surface area contributed by atoms with Gasteiger partial charge in [-0.05, 0) is 41.5 Å². The minimum absolute atomic E-state index is 0.599. The molecule has 0 nitrogen and oxygen atoms in total. The van der Waals surface area contributed by atoms with Gasteiger partial charge in [-0.3, -0.25) is 0 Å². The van der Waals surface area contributed by atoms with Crippen LogP contribution in [0.5, 0.6) is 0 Å². The van der Waals surface area contributed by atoms with Crippen molar-refractivity contribution in [2.24, 2.45) is 0 Å². The second-order valence-electron chi connectivity index (χ2n) is 3.76. The Balaban J connectivity index is 3.19. The maximum atomic E-state index is 3.36. The van der Waals surface area contributed by atoms with E-state index in [4.69, 9.17) is 0 Å². The predicted molar refractivity (Wildman–Crippen MR) is 58.1 cm³/mol. The number of hydrogen-bond acceptors (Lipinski definition) is 0. The van der Waals surface area contributed by atoms with Gasteiger partial charge in [-0.2, -0.15) is 0 Å². The van der Waals surface area contributed by atoms with Crippen molar-refractivity contribution in [3.8, 4) is 0 Å². The van der Waals surface area contributed by atoms with Crippen LogP contribution < -0.4 is 0 Å². The van der Waals surface area contributed by atoms with Crippen LogP contribution in [-0.4, -0.2) is 0 Å². The van der Waals surface area contributed by atoms with Crippen molar-refractivity contribution in [2.75, 3.05) is 0 Å². The standard InChI is InChI=1S/C13H19/c1-5-11-8-7-9-13(10(3)4)12(11)6-2/h7-8,10H,5-6H2,1-4H3. The monoisotopic (exact) mass is 175 g/mol. The molecule has 13 heavy (non-hydrogen) atoms. The molecular weight excluding hydrogens is 156 g/mol. The molecule has 0 heteroatoms. The lowest BCUT2D eigenvalue weighted by Crippen LogP contribution is -1.99. The molecule has 1 aromatic carbocycles. The van der Waals surface area contributed by atoms with Gasteiger partial charge in [0.2, 0.25) is 0 Å². The van der Waals surface area contributed by atoms with Gasteiger partial charge in [0, 0.05) is 0 Å². The van der Waals surface area contributed by atoms with Crippen molar-refractivity contribution >= 4 is 0 Å². The zero-order valence-corrected chi connectivity index (χ0v) is 9.15. The SMILES string of the molecule is CCc1cc[c]c(C(C)C)c1CC. The van der Waals surface area contributed by atoms with E-state index in [9.17, 15) is 0 Å². The van der Waals surface area contributed by atoms with Crippen LogP contribution in [0.1, 0.15) is 50.3 Å². The van der Waals surface area contributed by atoms with Gasteiger partial charge in [-0.15, -0.1) is 0 Å². The molecule has 1 aromatic rings. The summed E-state index contributed by atoms with van der Waals surface area (Å²) in [6.07, 6.45) is 2.27. The summed E-state index contributed by atoms with van der Waals surface area (Å²) in [7, 11) is 0. The maximum absolute atomic E-state index is 3.36. The summed E-state index contributed by atoms with van der Waals surface area (Å²) in [5.41, 5.74) is 4.41. The summed E-state index contributed by atoms with van der Waals surface area (Å²) in [5.74, 6) is 0.599. The molecule has 0 N–H and O–H groups in total. The molecule has 0 bridgehead atoms. The van der Waals surface area contributed by atoms with Crippen molar-refractivity contribution in [1.82, 2.24) is 0 Å². The number of benzene rings is 1. The molecule has 0 aliphatic rings. The van der Waals surface area contributed by atoms with Gasteiger partial charge in [0.15, 0.2) is 0 Å². The van der Waals surface area contributed by atoms with Crippen LogP contribution in [0.4, 0.5) is 0 Å². The molecule has 0 unspecified atom stereocenters. The molecule has 0 spiro atoms. The van der Waals surface area contributed by atoms with Crippen LogP contribution in [0.3, 0.4) is 0 Å². The van der Waals surface area contributed by atoms with Gasteiger partial charge in [0.05, 0.1) is 0 Å². The highest BCUT2D eigenvalue weighted by Crippen LogP contribution is 2.22. The topological polar surface area (TPSA) is 0 Å². The first-order valence-electron chi connectivity index (χ1n) is 5.23. The van der Waals surface area contributed by atoms with Gasteiger partial charge in [-0.1, -0.05) is 39.8 Å². The van der Waals surface area contributed by atoms with Crippen LogP contribution >= 0.6 is 0 Å². The summed E-state index contributed by atoms with van der Waals surface area (Å²) >= 11 is 0. The predicted octanol–water partition coefficient (Wildman–Crippen LogP) is 3.73. The number of rotatable bonds is 3. The lowest BCUT2D eigenvalue weighted by Gasteiger charge is -2.14. The highest BCUT2D eigenvalue weighted by atomic mass is 14.1. The van der Waals surface area contributed by atoms with E-state index in [0.29, 0.717) is 5.92 Å². The van der Waals surface area contributed by atoms with Crippen molar-refractivity contribution < 1.29 is 0 Å². The minimum atomic E-state index is 0.599. The van der Waals surface area contributed by atoms with Gasteiger partial charge in [0.25, 0.3) is 0 Å². The maximum Gasteiger partial charge on any atom is -0.0143 e. The zero-order chi connectivity index (χ0) is 9.84. The first kappa shape index (κ1) is 10.3. The summed E-state index contributed by atoms with van der Waals surface area (Å²) in [5, 5.41) is 0. The molecular formula is C13H19. The Bertz CT molecular complexity index is 271. The number of aryl methyl sites for hydroxylation is 1. The Hall–Kier alpha value is -0.780. The quantitative estimate of drug-likeness (QED) is 0.656. The van der Waals surface area contributed by atoms with E-state index in [-0.39, 0.29) is 0 Å². The number of hydrogen-bond donors (Lipinski definition) is 0. The van der Waals surface area contributed by atoms with E-state index in [1.165, 1.54) is 16.7 Å². The van der Waals surface area contributed by atoms with Crippen molar-refractivity contribution in [1.29, 1.82) is 0 Å². The van der Waals surface area contributed by atoms with E-state index in [0.717, 1.165) is 12.8 Å². The fraction of sp³-hybridized carbons (Fsp3) is 0.538. The molecule has 0 aliphatic carbocycles. The van der Waals surface area contributed by atoms with E-state index in [1.54, 1.807) is 0 Å². The summed E-state index contributed by atoms with van der Waals surface area (Å²) in [6.45, 7) is 8.93.